The van der Waals surface area contributed by atoms with E-state index in [1.165, 1.54) is 6.92 Å². The van der Waals surface area contributed by atoms with Crippen LogP contribution in [0.5, 0.6) is 0 Å². The molecule has 2 N–H and O–H groups in total. The van der Waals surface area contributed by atoms with Crippen molar-refractivity contribution < 1.29 is 19.8 Å². The van der Waals surface area contributed by atoms with E-state index in [0.29, 0.717) is 0 Å². The van der Waals surface area contributed by atoms with Gasteiger partial charge in [-0.2, -0.15) is 0 Å². The number of carboxylic acids is 2. The summed E-state index contributed by atoms with van der Waals surface area (Å²) in [6.45, 7) is 1.50. The lowest BCUT2D eigenvalue weighted by molar-refractivity contribution is -0.136. The predicted octanol–water partition coefficient (Wildman–Crippen LogP) is 0.110. The highest BCUT2D eigenvalue weighted by Crippen LogP contribution is 2.04. The molecule has 0 saturated carbocycles. The molecule has 6 nitrogen and oxygen atoms in total. The maximum absolute atomic E-state index is 10.6. The molecule has 1 aromatic heterocycles. The topological polar surface area (TPSA) is 100 Å². The van der Waals surface area contributed by atoms with Crippen LogP contribution >= 0.6 is 0 Å². The van der Waals surface area contributed by atoms with Gasteiger partial charge in [0.25, 0.3) is 0 Å². The summed E-state index contributed by atoms with van der Waals surface area (Å²) in [6.07, 6.45) is 0.809. The van der Waals surface area contributed by atoms with Gasteiger partial charge in [-0.15, -0.1) is 0 Å². The average molecular weight is 196 g/mol. The Morgan fingerprint density at radius 1 is 1.43 bits per heavy atom. The highest BCUT2D eigenvalue weighted by Gasteiger charge is 2.11. The Bertz CT molecular complexity index is 389. The average Bonchev–Trinajstić information content (AvgIpc) is 2.01. The molecule has 0 bridgehead atoms. The van der Waals surface area contributed by atoms with Crippen molar-refractivity contribution in [3.8, 4) is 0 Å². The van der Waals surface area contributed by atoms with Gasteiger partial charge in [0.05, 0.1) is 11.3 Å². The van der Waals surface area contributed by atoms with Crippen molar-refractivity contribution in [3.05, 3.63) is 23.3 Å². The standard InChI is InChI=1S/C8H8N2O4/c1-4-5(8(13)14)3-9-6(10-4)2-7(11)12/h3H,2H2,1H3,(H,11,12)(H,13,14). The van der Waals surface area contributed by atoms with E-state index in [9.17, 15) is 9.59 Å². The highest BCUT2D eigenvalue weighted by molar-refractivity contribution is 5.88. The summed E-state index contributed by atoms with van der Waals surface area (Å²) in [5, 5.41) is 17.1. The molecule has 14 heavy (non-hydrogen) atoms. The van der Waals surface area contributed by atoms with Crippen molar-refractivity contribution in [2.45, 2.75) is 13.3 Å². The molecular formula is C8H8N2O4. The fourth-order valence-corrected chi connectivity index (χ4v) is 0.946. The van der Waals surface area contributed by atoms with Gasteiger partial charge in [0, 0.05) is 6.20 Å². The van der Waals surface area contributed by atoms with Crippen LogP contribution < -0.4 is 0 Å². The first-order chi connectivity index (χ1) is 6.50. The molecule has 0 saturated heterocycles. The second kappa shape index (κ2) is 3.82. The van der Waals surface area contributed by atoms with Crippen molar-refractivity contribution in [2.75, 3.05) is 0 Å². The zero-order valence-corrected chi connectivity index (χ0v) is 7.39. The Labute approximate surface area is 79.2 Å². The van der Waals surface area contributed by atoms with E-state index in [4.69, 9.17) is 10.2 Å². The van der Waals surface area contributed by atoms with Crippen molar-refractivity contribution >= 4 is 11.9 Å². The summed E-state index contributed by atoms with van der Waals surface area (Å²) < 4.78 is 0. The largest absolute Gasteiger partial charge is 0.481 e. The number of nitrogens with zero attached hydrogens (tertiary/aromatic N) is 2. The van der Waals surface area contributed by atoms with Crippen LogP contribution in [0.1, 0.15) is 21.9 Å². The molecule has 0 aliphatic rings. The number of aryl methyl sites for hydroxylation is 1. The number of carbonyl (C=O) groups is 2. The molecule has 0 unspecified atom stereocenters. The summed E-state index contributed by atoms with van der Waals surface area (Å²) >= 11 is 0. The van der Waals surface area contributed by atoms with Gasteiger partial charge in [-0.25, -0.2) is 14.8 Å². The van der Waals surface area contributed by atoms with E-state index < -0.39 is 11.9 Å². The number of aromatic nitrogens is 2. The summed E-state index contributed by atoms with van der Waals surface area (Å²) in [4.78, 5) is 28.3. The van der Waals surface area contributed by atoms with E-state index in [0.717, 1.165) is 6.20 Å². The minimum atomic E-state index is -1.12. The quantitative estimate of drug-likeness (QED) is 0.711. The lowest BCUT2D eigenvalue weighted by Crippen LogP contribution is -2.09. The van der Waals surface area contributed by atoms with Gasteiger partial charge in [-0.05, 0) is 6.92 Å². The van der Waals surface area contributed by atoms with Crippen LogP contribution in [0.25, 0.3) is 0 Å². The lowest BCUT2D eigenvalue weighted by Gasteiger charge is -2.00. The number of hydrogen-bond acceptors (Lipinski definition) is 4. The van der Waals surface area contributed by atoms with Crippen molar-refractivity contribution in [2.24, 2.45) is 0 Å². The minimum absolute atomic E-state index is 0.0147. The van der Waals surface area contributed by atoms with Gasteiger partial charge in [0.2, 0.25) is 0 Å². The Hall–Kier alpha value is -1.98. The number of carboxylic acid groups (broad SMARTS) is 2. The Balaban J connectivity index is 3.00. The Morgan fingerprint density at radius 3 is 2.50 bits per heavy atom. The summed E-state index contributed by atoms with van der Waals surface area (Å²) in [6, 6.07) is 0. The molecule has 6 heteroatoms. The lowest BCUT2D eigenvalue weighted by atomic mass is 10.2. The Kier molecular flexibility index (Phi) is 2.76. The van der Waals surface area contributed by atoms with Gasteiger partial charge in [0.15, 0.2) is 0 Å². The summed E-state index contributed by atoms with van der Waals surface area (Å²) in [7, 11) is 0. The molecule has 1 rings (SSSR count). The van der Waals surface area contributed by atoms with Crippen LogP contribution in [0.4, 0.5) is 0 Å². The molecule has 0 amide bonds. The third-order valence-corrected chi connectivity index (χ3v) is 1.57. The zero-order chi connectivity index (χ0) is 10.7. The number of rotatable bonds is 3. The van der Waals surface area contributed by atoms with Crippen LogP contribution in [0.3, 0.4) is 0 Å². The first kappa shape index (κ1) is 10.1. The molecule has 0 aliphatic carbocycles. The summed E-state index contributed by atoms with van der Waals surface area (Å²) in [5.41, 5.74) is 0.253. The molecule has 0 fully saturated rings. The molecular weight excluding hydrogens is 188 g/mol. The monoisotopic (exact) mass is 196 g/mol. The number of aliphatic carboxylic acids is 1. The molecule has 0 aromatic carbocycles. The van der Waals surface area contributed by atoms with Gasteiger partial charge in [-0.1, -0.05) is 0 Å². The maximum atomic E-state index is 10.6. The molecule has 0 spiro atoms. The fraction of sp³-hybridized carbons (Fsp3) is 0.250. The van der Waals surface area contributed by atoms with Crippen LogP contribution in [0.15, 0.2) is 6.20 Å². The van der Waals surface area contributed by atoms with E-state index >= 15 is 0 Å². The molecule has 74 valence electrons. The number of hydrogen-bond donors (Lipinski definition) is 2. The third-order valence-electron chi connectivity index (χ3n) is 1.57. The van der Waals surface area contributed by atoms with Gasteiger partial charge in [0.1, 0.15) is 12.2 Å². The first-order valence-corrected chi connectivity index (χ1v) is 3.78. The van der Waals surface area contributed by atoms with Gasteiger partial charge in [-0.3, -0.25) is 4.79 Å². The second-order valence-corrected chi connectivity index (χ2v) is 2.66. The van der Waals surface area contributed by atoms with Crippen LogP contribution in [0.2, 0.25) is 0 Å². The van der Waals surface area contributed by atoms with Crippen molar-refractivity contribution in [1.82, 2.24) is 9.97 Å². The Morgan fingerprint density at radius 2 is 2.07 bits per heavy atom. The van der Waals surface area contributed by atoms with Gasteiger partial charge >= 0.3 is 11.9 Å². The smallest absolute Gasteiger partial charge is 0.339 e. The van der Waals surface area contributed by atoms with E-state index in [-0.39, 0.29) is 23.5 Å². The van der Waals surface area contributed by atoms with E-state index in [1.54, 1.807) is 0 Å². The predicted molar refractivity (Wildman–Crippen MR) is 45.1 cm³/mol. The highest BCUT2D eigenvalue weighted by atomic mass is 16.4. The molecule has 1 heterocycles. The molecule has 0 atom stereocenters. The fourth-order valence-electron chi connectivity index (χ4n) is 0.946. The van der Waals surface area contributed by atoms with Crippen molar-refractivity contribution in [3.63, 3.8) is 0 Å². The van der Waals surface area contributed by atoms with Crippen molar-refractivity contribution in [1.29, 1.82) is 0 Å². The van der Waals surface area contributed by atoms with Crippen LogP contribution in [0, 0.1) is 6.92 Å². The van der Waals surface area contributed by atoms with E-state index in [2.05, 4.69) is 9.97 Å². The van der Waals surface area contributed by atoms with Crippen LogP contribution in [-0.4, -0.2) is 32.1 Å². The minimum Gasteiger partial charge on any atom is -0.481 e. The molecule has 0 radical (unpaired) electrons. The summed E-state index contributed by atoms with van der Waals surface area (Å²) in [5.74, 6) is -2.06. The molecule has 1 aromatic rings. The number of aromatic carboxylic acids is 1. The third kappa shape index (κ3) is 2.25. The van der Waals surface area contributed by atoms with Crippen LogP contribution in [-0.2, 0) is 11.2 Å². The normalized spacial score (nSPS) is 9.79. The first-order valence-electron chi connectivity index (χ1n) is 3.78. The van der Waals surface area contributed by atoms with E-state index in [1.807, 2.05) is 0 Å². The SMILES string of the molecule is Cc1nc(CC(=O)O)ncc1C(=O)O. The zero-order valence-electron chi connectivity index (χ0n) is 7.39. The molecule has 0 aliphatic heterocycles. The van der Waals surface area contributed by atoms with Gasteiger partial charge < -0.3 is 10.2 Å². The second-order valence-electron chi connectivity index (χ2n) is 2.66. The maximum Gasteiger partial charge on any atom is 0.339 e.